The Kier molecular flexibility index (Phi) is 7.90. The van der Waals surface area contributed by atoms with Crippen LogP contribution in [0.25, 0.3) is 0 Å². The van der Waals surface area contributed by atoms with Crippen molar-refractivity contribution < 1.29 is 32.2 Å². The zero-order chi connectivity index (χ0) is 22.4. The lowest BCUT2D eigenvalue weighted by Crippen LogP contribution is -2.40. The molecule has 2 aromatic rings. The SMILES string of the molecule is O=C(OCCOC(=O)c1cc(S(=O)(=O)N2CCOCC2)c(Cl)cc1Cl)c1ccccc1. The van der Waals surface area contributed by atoms with E-state index in [1.807, 2.05) is 0 Å². The molecule has 0 saturated carbocycles. The summed E-state index contributed by atoms with van der Waals surface area (Å²) >= 11 is 12.2. The van der Waals surface area contributed by atoms with Gasteiger partial charge in [-0.3, -0.25) is 0 Å². The average molecular weight is 488 g/mol. The molecule has 11 heteroatoms. The maximum absolute atomic E-state index is 12.9. The maximum atomic E-state index is 12.9. The number of carbonyl (C=O) groups excluding carboxylic acids is 2. The Bertz CT molecular complexity index is 1050. The van der Waals surface area contributed by atoms with E-state index in [2.05, 4.69) is 0 Å². The molecule has 0 bridgehead atoms. The van der Waals surface area contributed by atoms with Crippen molar-refractivity contribution in [3.05, 3.63) is 63.6 Å². The van der Waals surface area contributed by atoms with Gasteiger partial charge in [-0.1, -0.05) is 41.4 Å². The minimum absolute atomic E-state index is 0.0581. The van der Waals surface area contributed by atoms with Gasteiger partial charge in [0, 0.05) is 13.1 Å². The Morgan fingerprint density at radius 1 is 0.935 bits per heavy atom. The Morgan fingerprint density at radius 3 is 2.19 bits per heavy atom. The maximum Gasteiger partial charge on any atom is 0.339 e. The third-order valence-corrected chi connectivity index (χ3v) is 7.06. The van der Waals surface area contributed by atoms with E-state index in [4.69, 9.17) is 37.4 Å². The third-order valence-electron chi connectivity index (χ3n) is 4.39. The van der Waals surface area contributed by atoms with E-state index in [1.54, 1.807) is 30.3 Å². The summed E-state index contributed by atoms with van der Waals surface area (Å²) in [7, 11) is -3.95. The molecular weight excluding hydrogens is 469 g/mol. The summed E-state index contributed by atoms with van der Waals surface area (Å²) in [6.07, 6.45) is 0. The lowest BCUT2D eigenvalue weighted by molar-refractivity contribution is 0.0265. The van der Waals surface area contributed by atoms with Crippen LogP contribution in [0, 0.1) is 0 Å². The van der Waals surface area contributed by atoms with E-state index in [0.717, 1.165) is 6.07 Å². The van der Waals surface area contributed by atoms with E-state index in [1.165, 1.54) is 10.4 Å². The van der Waals surface area contributed by atoms with Gasteiger partial charge in [-0.25, -0.2) is 18.0 Å². The van der Waals surface area contributed by atoms with Gasteiger partial charge in [-0.2, -0.15) is 4.31 Å². The summed E-state index contributed by atoms with van der Waals surface area (Å²) in [6.45, 7) is 0.468. The molecule has 0 spiro atoms. The predicted molar refractivity (Wildman–Crippen MR) is 113 cm³/mol. The van der Waals surface area contributed by atoms with Crippen LogP contribution in [0.15, 0.2) is 47.4 Å². The number of morpholine rings is 1. The third kappa shape index (κ3) is 5.75. The van der Waals surface area contributed by atoms with Gasteiger partial charge in [-0.05, 0) is 24.3 Å². The van der Waals surface area contributed by atoms with Crippen LogP contribution in [0.5, 0.6) is 0 Å². The van der Waals surface area contributed by atoms with Crippen LogP contribution in [-0.4, -0.2) is 64.2 Å². The average Bonchev–Trinajstić information content (AvgIpc) is 2.77. The van der Waals surface area contributed by atoms with Gasteiger partial charge in [0.15, 0.2) is 0 Å². The highest BCUT2D eigenvalue weighted by Gasteiger charge is 2.30. The number of benzene rings is 2. The molecule has 0 amide bonds. The van der Waals surface area contributed by atoms with Gasteiger partial charge in [-0.15, -0.1) is 0 Å². The minimum Gasteiger partial charge on any atom is -0.458 e. The monoisotopic (exact) mass is 487 g/mol. The van der Waals surface area contributed by atoms with Crippen molar-refractivity contribution in [3.8, 4) is 0 Å². The number of ether oxygens (including phenoxy) is 3. The van der Waals surface area contributed by atoms with Crippen molar-refractivity contribution in [2.24, 2.45) is 0 Å². The molecule has 2 aromatic carbocycles. The standard InChI is InChI=1S/C20H19Cl2NO7S/c21-16-13-17(22)18(31(26,27)23-6-8-28-9-7-23)12-15(16)20(25)30-11-10-29-19(24)14-4-2-1-3-5-14/h1-5,12-13H,6-11H2. The molecule has 1 fully saturated rings. The van der Waals surface area contributed by atoms with Crippen LogP contribution in [0.4, 0.5) is 0 Å². The summed E-state index contributed by atoms with van der Waals surface area (Å²) in [5.41, 5.74) is 0.208. The van der Waals surface area contributed by atoms with Crippen molar-refractivity contribution in [2.75, 3.05) is 39.5 Å². The highest BCUT2D eigenvalue weighted by molar-refractivity contribution is 7.89. The highest BCUT2D eigenvalue weighted by atomic mass is 35.5. The van der Waals surface area contributed by atoms with Crippen molar-refractivity contribution in [3.63, 3.8) is 0 Å². The first-order chi connectivity index (χ1) is 14.8. The molecule has 0 atom stereocenters. The number of sulfonamides is 1. The molecule has 1 saturated heterocycles. The van der Waals surface area contributed by atoms with Crippen molar-refractivity contribution >= 4 is 45.2 Å². The van der Waals surface area contributed by atoms with E-state index in [0.29, 0.717) is 5.56 Å². The summed E-state index contributed by atoms with van der Waals surface area (Å²) in [5.74, 6) is -1.42. The number of hydrogen-bond donors (Lipinski definition) is 0. The van der Waals surface area contributed by atoms with Crippen LogP contribution in [0.1, 0.15) is 20.7 Å². The van der Waals surface area contributed by atoms with Crippen LogP contribution in [0.2, 0.25) is 10.0 Å². The second kappa shape index (κ2) is 10.4. The van der Waals surface area contributed by atoms with Crippen LogP contribution in [0.3, 0.4) is 0 Å². The quantitative estimate of drug-likeness (QED) is 0.437. The normalized spacial score (nSPS) is 14.8. The van der Waals surface area contributed by atoms with E-state index in [-0.39, 0.29) is 60.0 Å². The fourth-order valence-electron chi connectivity index (χ4n) is 2.81. The Labute approximate surface area is 189 Å². The first-order valence-electron chi connectivity index (χ1n) is 9.27. The molecule has 0 aromatic heterocycles. The van der Waals surface area contributed by atoms with Crippen molar-refractivity contribution in [2.45, 2.75) is 4.90 Å². The first-order valence-corrected chi connectivity index (χ1v) is 11.5. The number of esters is 2. The first kappa shape index (κ1) is 23.5. The Hall–Kier alpha value is -2.17. The predicted octanol–water partition coefficient (Wildman–Crippen LogP) is 3.03. The fourth-order valence-corrected chi connectivity index (χ4v) is 5.05. The van der Waals surface area contributed by atoms with Crippen LogP contribution < -0.4 is 0 Å². The second-order valence-corrected chi connectivity index (χ2v) is 9.14. The molecule has 31 heavy (non-hydrogen) atoms. The largest absolute Gasteiger partial charge is 0.458 e. The van der Waals surface area contributed by atoms with Crippen LogP contribution >= 0.6 is 23.2 Å². The molecular formula is C20H19Cl2NO7S. The summed E-state index contributed by atoms with van der Waals surface area (Å²) in [5, 5.41) is -0.165. The van der Waals surface area contributed by atoms with Crippen molar-refractivity contribution in [1.82, 2.24) is 4.31 Å². The highest BCUT2D eigenvalue weighted by Crippen LogP contribution is 2.31. The fraction of sp³-hybridized carbons (Fsp3) is 0.300. The Morgan fingerprint density at radius 2 is 1.55 bits per heavy atom. The lowest BCUT2D eigenvalue weighted by atomic mass is 10.2. The molecule has 1 aliphatic rings. The second-order valence-electron chi connectivity index (χ2n) is 6.42. The minimum atomic E-state index is -3.95. The molecule has 0 unspecified atom stereocenters. The number of carbonyl (C=O) groups is 2. The molecule has 166 valence electrons. The number of rotatable bonds is 7. The number of hydrogen-bond acceptors (Lipinski definition) is 7. The smallest absolute Gasteiger partial charge is 0.339 e. The van der Waals surface area contributed by atoms with E-state index in [9.17, 15) is 18.0 Å². The summed E-state index contributed by atoms with van der Waals surface area (Å²) < 4.78 is 42.3. The van der Waals surface area contributed by atoms with Crippen molar-refractivity contribution in [1.29, 1.82) is 0 Å². The molecule has 8 nitrogen and oxygen atoms in total. The number of halogens is 2. The molecule has 3 rings (SSSR count). The Balaban J connectivity index is 1.65. The topological polar surface area (TPSA) is 99.2 Å². The lowest BCUT2D eigenvalue weighted by Gasteiger charge is -2.26. The van der Waals surface area contributed by atoms with Crippen LogP contribution in [-0.2, 0) is 24.2 Å². The molecule has 1 aliphatic heterocycles. The van der Waals surface area contributed by atoms with E-state index < -0.39 is 22.0 Å². The van der Waals surface area contributed by atoms with Gasteiger partial charge in [0.05, 0.1) is 34.4 Å². The number of nitrogens with zero attached hydrogens (tertiary/aromatic N) is 1. The van der Waals surface area contributed by atoms with E-state index >= 15 is 0 Å². The molecule has 1 heterocycles. The molecule has 0 N–H and O–H groups in total. The summed E-state index contributed by atoms with van der Waals surface area (Å²) in [4.78, 5) is 24.1. The van der Waals surface area contributed by atoms with Gasteiger partial charge in [0.2, 0.25) is 10.0 Å². The van der Waals surface area contributed by atoms with Gasteiger partial charge >= 0.3 is 11.9 Å². The zero-order valence-corrected chi connectivity index (χ0v) is 18.6. The van der Waals surface area contributed by atoms with Gasteiger partial charge < -0.3 is 14.2 Å². The summed E-state index contributed by atoms with van der Waals surface area (Å²) in [6, 6.07) is 10.6. The molecule has 0 aliphatic carbocycles. The van der Waals surface area contributed by atoms with Gasteiger partial charge in [0.25, 0.3) is 0 Å². The zero-order valence-electron chi connectivity index (χ0n) is 16.3. The molecule has 0 radical (unpaired) electrons. The van der Waals surface area contributed by atoms with Gasteiger partial charge in [0.1, 0.15) is 18.1 Å².